The molecule has 0 unspecified atom stereocenters. The van der Waals surface area contributed by atoms with Gasteiger partial charge in [0, 0.05) is 24.0 Å². The van der Waals surface area contributed by atoms with Crippen LogP contribution in [0.4, 0.5) is 0 Å². The van der Waals surface area contributed by atoms with Crippen molar-refractivity contribution in [2.75, 3.05) is 0 Å². The summed E-state index contributed by atoms with van der Waals surface area (Å²) in [7, 11) is 1.77. The van der Waals surface area contributed by atoms with E-state index in [9.17, 15) is 4.79 Å². The summed E-state index contributed by atoms with van der Waals surface area (Å²) in [5.74, 6) is 0.478. The van der Waals surface area contributed by atoms with E-state index < -0.39 is 5.97 Å². The van der Waals surface area contributed by atoms with E-state index in [2.05, 4.69) is 4.98 Å². The summed E-state index contributed by atoms with van der Waals surface area (Å²) in [6, 6.07) is 7.02. The van der Waals surface area contributed by atoms with Gasteiger partial charge in [0.2, 0.25) is 0 Å². The molecule has 1 aromatic carbocycles. The Bertz CT molecular complexity index is 578. The summed E-state index contributed by atoms with van der Waals surface area (Å²) in [5, 5.41) is 9.40. The van der Waals surface area contributed by atoms with Gasteiger partial charge in [-0.2, -0.15) is 0 Å². The Labute approximate surface area is 115 Å². The number of hydrogen-bond donors (Lipinski definition) is 1. The van der Waals surface area contributed by atoms with Crippen LogP contribution in [0, 0.1) is 0 Å². The van der Waals surface area contributed by atoms with Crippen molar-refractivity contribution in [1.82, 2.24) is 9.55 Å². The first-order valence-electron chi connectivity index (χ1n) is 5.66. The number of carboxylic acid groups (broad SMARTS) is 1. The number of aliphatic carboxylic acids is 1. The topological polar surface area (TPSA) is 64.4 Å². The number of aromatic nitrogens is 2. The van der Waals surface area contributed by atoms with Crippen molar-refractivity contribution in [3.8, 4) is 5.75 Å². The van der Waals surface area contributed by atoms with Crippen LogP contribution in [0.3, 0.4) is 0 Å². The molecule has 0 saturated heterocycles. The number of rotatable bonds is 5. The minimum atomic E-state index is -0.881. The summed E-state index contributed by atoms with van der Waals surface area (Å²) < 4.78 is 7.28. The maximum absolute atomic E-state index is 10.7. The van der Waals surface area contributed by atoms with Gasteiger partial charge in [0.15, 0.2) is 0 Å². The molecule has 1 heterocycles. The van der Waals surface area contributed by atoms with Crippen molar-refractivity contribution in [2.45, 2.75) is 13.0 Å². The molecule has 0 aliphatic rings. The van der Waals surface area contributed by atoms with Crippen LogP contribution < -0.4 is 4.74 Å². The first kappa shape index (κ1) is 13.4. The standard InChI is InChI=1S/C13H13ClN2O3/c1-16-10(6-13(17)18)7-15-12(16)8-19-11-4-2-9(14)3-5-11/h2-5,7H,6,8H2,1H3,(H,17,18). The number of hydrogen-bond acceptors (Lipinski definition) is 3. The highest BCUT2D eigenvalue weighted by Crippen LogP contribution is 2.16. The normalized spacial score (nSPS) is 10.4. The van der Waals surface area contributed by atoms with E-state index in [1.165, 1.54) is 0 Å². The van der Waals surface area contributed by atoms with Crippen molar-refractivity contribution in [1.29, 1.82) is 0 Å². The van der Waals surface area contributed by atoms with Crippen LogP contribution in [0.15, 0.2) is 30.5 Å². The molecule has 0 aliphatic carbocycles. The van der Waals surface area contributed by atoms with Crippen molar-refractivity contribution >= 4 is 17.6 Å². The summed E-state index contributed by atoms with van der Waals surface area (Å²) >= 11 is 5.78. The molecule has 5 nitrogen and oxygen atoms in total. The van der Waals surface area contributed by atoms with E-state index in [4.69, 9.17) is 21.4 Å². The average molecular weight is 281 g/mol. The third kappa shape index (κ3) is 3.48. The van der Waals surface area contributed by atoms with Gasteiger partial charge in [-0.05, 0) is 24.3 Å². The van der Waals surface area contributed by atoms with Crippen LogP contribution >= 0.6 is 11.6 Å². The monoisotopic (exact) mass is 280 g/mol. The molecule has 1 N–H and O–H groups in total. The van der Waals surface area contributed by atoms with Gasteiger partial charge < -0.3 is 14.4 Å². The zero-order chi connectivity index (χ0) is 13.8. The van der Waals surface area contributed by atoms with Gasteiger partial charge in [-0.1, -0.05) is 11.6 Å². The number of ether oxygens (including phenoxy) is 1. The number of benzene rings is 1. The van der Waals surface area contributed by atoms with E-state index in [0.29, 0.717) is 22.3 Å². The van der Waals surface area contributed by atoms with Gasteiger partial charge in [-0.3, -0.25) is 4.79 Å². The fraction of sp³-hybridized carbons (Fsp3) is 0.231. The molecule has 2 aromatic rings. The smallest absolute Gasteiger partial charge is 0.309 e. The second-order valence-electron chi connectivity index (χ2n) is 4.04. The highest BCUT2D eigenvalue weighted by Gasteiger charge is 2.10. The van der Waals surface area contributed by atoms with Crippen LogP contribution in [0.2, 0.25) is 5.02 Å². The lowest BCUT2D eigenvalue weighted by molar-refractivity contribution is -0.136. The Hall–Kier alpha value is -2.01. The molecular weight excluding hydrogens is 268 g/mol. The average Bonchev–Trinajstić information content (AvgIpc) is 2.70. The van der Waals surface area contributed by atoms with E-state index in [1.807, 2.05) is 0 Å². The van der Waals surface area contributed by atoms with Crippen LogP contribution in [-0.2, 0) is 24.9 Å². The molecule has 2 rings (SSSR count). The molecule has 0 atom stereocenters. The Morgan fingerprint density at radius 1 is 1.42 bits per heavy atom. The summed E-state index contributed by atoms with van der Waals surface area (Å²) in [5.41, 5.74) is 0.641. The predicted molar refractivity (Wildman–Crippen MR) is 70.3 cm³/mol. The van der Waals surface area contributed by atoms with Gasteiger partial charge in [0.1, 0.15) is 18.2 Å². The first-order chi connectivity index (χ1) is 9.06. The van der Waals surface area contributed by atoms with E-state index in [1.54, 1.807) is 42.1 Å². The van der Waals surface area contributed by atoms with Gasteiger partial charge in [0.05, 0.1) is 6.42 Å². The van der Waals surface area contributed by atoms with Crippen molar-refractivity contribution < 1.29 is 14.6 Å². The molecule has 0 bridgehead atoms. The molecular formula is C13H13ClN2O3. The lowest BCUT2D eigenvalue weighted by Gasteiger charge is -2.07. The van der Waals surface area contributed by atoms with Gasteiger partial charge in [0.25, 0.3) is 0 Å². The summed E-state index contributed by atoms with van der Waals surface area (Å²) in [4.78, 5) is 14.8. The minimum absolute atomic E-state index is 0.0511. The Balaban J connectivity index is 2.01. The van der Waals surface area contributed by atoms with Crippen molar-refractivity contribution in [2.24, 2.45) is 7.05 Å². The number of carboxylic acids is 1. The van der Waals surface area contributed by atoms with Crippen LogP contribution in [0.5, 0.6) is 5.75 Å². The fourth-order valence-electron chi connectivity index (χ4n) is 1.62. The van der Waals surface area contributed by atoms with Gasteiger partial charge >= 0.3 is 5.97 Å². The van der Waals surface area contributed by atoms with Crippen LogP contribution in [0.25, 0.3) is 0 Å². The SMILES string of the molecule is Cn1c(CC(=O)O)cnc1COc1ccc(Cl)cc1. The van der Waals surface area contributed by atoms with Crippen LogP contribution in [0.1, 0.15) is 11.5 Å². The van der Waals surface area contributed by atoms with Crippen LogP contribution in [-0.4, -0.2) is 20.6 Å². The lowest BCUT2D eigenvalue weighted by atomic mass is 10.3. The fourth-order valence-corrected chi connectivity index (χ4v) is 1.75. The van der Waals surface area contributed by atoms with E-state index >= 15 is 0 Å². The highest BCUT2D eigenvalue weighted by molar-refractivity contribution is 6.30. The van der Waals surface area contributed by atoms with Crippen molar-refractivity contribution in [3.05, 3.63) is 47.0 Å². The summed E-state index contributed by atoms with van der Waals surface area (Å²) in [6.07, 6.45) is 1.50. The molecule has 0 aliphatic heterocycles. The highest BCUT2D eigenvalue weighted by atomic mass is 35.5. The molecule has 19 heavy (non-hydrogen) atoms. The van der Waals surface area contributed by atoms with E-state index in [0.717, 1.165) is 0 Å². The zero-order valence-electron chi connectivity index (χ0n) is 10.3. The molecule has 0 saturated carbocycles. The van der Waals surface area contributed by atoms with Crippen molar-refractivity contribution in [3.63, 3.8) is 0 Å². The Kier molecular flexibility index (Phi) is 4.06. The summed E-state index contributed by atoms with van der Waals surface area (Å²) in [6.45, 7) is 0.276. The molecule has 0 radical (unpaired) electrons. The molecule has 100 valence electrons. The van der Waals surface area contributed by atoms with Gasteiger partial charge in [-0.25, -0.2) is 4.98 Å². The largest absolute Gasteiger partial charge is 0.486 e. The molecule has 1 aromatic heterocycles. The predicted octanol–water partition coefficient (Wildman–Crippen LogP) is 2.28. The molecule has 0 spiro atoms. The molecule has 0 amide bonds. The second-order valence-corrected chi connectivity index (χ2v) is 4.47. The quantitative estimate of drug-likeness (QED) is 0.912. The number of carbonyl (C=O) groups is 1. The van der Waals surface area contributed by atoms with Gasteiger partial charge in [-0.15, -0.1) is 0 Å². The zero-order valence-corrected chi connectivity index (χ0v) is 11.1. The number of imidazole rings is 1. The first-order valence-corrected chi connectivity index (χ1v) is 6.03. The Morgan fingerprint density at radius 3 is 2.74 bits per heavy atom. The molecule has 0 fully saturated rings. The third-order valence-corrected chi connectivity index (χ3v) is 2.95. The number of halogens is 1. The van der Waals surface area contributed by atoms with E-state index in [-0.39, 0.29) is 13.0 Å². The maximum Gasteiger partial charge on any atom is 0.309 e. The lowest BCUT2D eigenvalue weighted by Crippen LogP contribution is -2.09. The number of nitrogens with zero attached hydrogens (tertiary/aromatic N) is 2. The second kappa shape index (κ2) is 5.75. The maximum atomic E-state index is 10.7. The molecule has 6 heteroatoms. The Morgan fingerprint density at radius 2 is 2.11 bits per heavy atom. The minimum Gasteiger partial charge on any atom is -0.486 e. The third-order valence-electron chi connectivity index (χ3n) is 2.69.